The van der Waals surface area contributed by atoms with Crippen LogP contribution in [0.25, 0.3) is 99.5 Å². The highest BCUT2D eigenvalue weighted by Gasteiger charge is 2.22. The Bertz CT molecular complexity index is 3240. The van der Waals surface area contributed by atoms with Gasteiger partial charge in [-0.2, -0.15) is 0 Å². The second-order valence-electron chi connectivity index (χ2n) is 14.5. The fraction of sp³-hybridized carbons (Fsp3) is 0. The van der Waals surface area contributed by atoms with E-state index in [9.17, 15) is 0 Å². The van der Waals surface area contributed by atoms with Crippen LogP contribution in [-0.4, -0.2) is 9.13 Å². The summed E-state index contributed by atoms with van der Waals surface area (Å²) in [5.41, 5.74) is 16.7. The van der Waals surface area contributed by atoms with Crippen molar-refractivity contribution in [2.45, 2.75) is 0 Å². The van der Waals surface area contributed by atoms with Crippen LogP contribution < -0.4 is 0 Å². The average molecular weight is 713 g/mol. The Morgan fingerprint density at radius 2 is 0.732 bits per heavy atom. The Kier molecular flexibility index (Phi) is 7.53. The molecule has 262 valence electrons. The smallest absolute Gasteiger partial charge is 0.0782 e. The van der Waals surface area contributed by atoms with E-state index in [0.717, 1.165) is 11.4 Å². The molecule has 0 bridgehead atoms. The molecule has 11 rings (SSSR count). The van der Waals surface area contributed by atoms with Gasteiger partial charge in [0.1, 0.15) is 0 Å². The van der Waals surface area contributed by atoms with Gasteiger partial charge in [0, 0.05) is 27.2 Å². The van der Waals surface area contributed by atoms with Crippen LogP contribution in [-0.2, 0) is 0 Å². The highest BCUT2D eigenvalue weighted by Crippen LogP contribution is 2.44. The molecule has 9 aromatic carbocycles. The van der Waals surface area contributed by atoms with Gasteiger partial charge in [0.2, 0.25) is 0 Å². The molecule has 2 nitrogen and oxygen atoms in total. The highest BCUT2D eigenvalue weighted by atomic mass is 15.1. The first kappa shape index (κ1) is 32.0. The third-order valence-corrected chi connectivity index (χ3v) is 11.3. The van der Waals surface area contributed by atoms with Gasteiger partial charge in [-0.1, -0.05) is 182 Å². The molecular formula is C54H36N2. The lowest BCUT2D eigenvalue weighted by Gasteiger charge is -2.16. The number of fused-ring (bicyclic) bond motifs is 6. The van der Waals surface area contributed by atoms with Crippen LogP contribution in [0.4, 0.5) is 0 Å². The van der Waals surface area contributed by atoms with Crippen molar-refractivity contribution in [3.63, 3.8) is 0 Å². The Balaban J connectivity index is 1.19. The second-order valence-corrected chi connectivity index (χ2v) is 14.5. The molecule has 11 aromatic rings. The predicted molar refractivity (Wildman–Crippen MR) is 237 cm³/mol. The lowest BCUT2D eigenvalue weighted by Crippen LogP contribution is -2.01. The minimum atomic E-state index is 1.13. The number of benzene rings is 9. The van der Waals surface area contributed by atoms with Gasteiger partial charge < -0.3 is 9.13 Å². The maximum Gasteiger partial charge on any atom is 0.0782 e. The lowest BCUT2D eigenvalue weighted by atomic mass is 9.92. The topological polar surface area (TPSA) is 9.86 Å². The van der Waals surface area contributed by atoms with Crippen molar-refractivity contribution < 1.29 is 0 Å². The number of aromatic nitrogens is 2. The number of nitrogens with zero attached hydrogens (tertiary/aromatic N) is 2. The Morgan fingerprint density at radius 3 is 1.45 bits per heavy atom. The van der Waals surface area contributed by atoms with Crippen molar-refractivity contribution in [1.82, 2.24) is 9.13 Å². The van der Waals surface area contributed by atoms with Crippen molar-refractivity contribution in [2.75, 3.05) is 0 Å². The van der Waals surface area contributed by atoms with E-state index in [1.54, 1.807) is 0 Å². The van der Waals surface area contributed by atoms with Crippen molar-refractivity contribution >= 4 is 43.6 Å². The van der Waals surface area contributed by atoms with Crippen LogP contribution in [0.2, 0.25) is 0 Å². The van der Waals surface area contributed by atoms with E-state index in [0.29, 0.717) is 0 Å². The summed E-state index contributed by atoms with van der Waals surface area (Å²) in [4.78, 5) is 0. The zero-order chi connectivity index (χ0) is 37.0. The van der Waals surface area contributed by atoms with E-state index in [1.807, 2.05) is 0 Å². The molecule has 0 radical (unpaired) electrons. The largest absolute Gasteiger partial charge is 0.307 e. The van der Waals surface area contributed by atoms with Gasteiger partial charge >= 0.3 is 0 Å². The SMILES string of the molecule is c1ccc(-c2ccccc2-c2cccc(-n3c4ccccc4c4cccc(-n5c6ccccc6c6c(-c7ccccc7-c7ccccc7)cccc65)c43)c2)cc1. The summed E-state index contributed by atoms with van der Waals surface area (Å²) in [6, 6.07) is 79.3. The van der Waals surface area contributed by atoms with Crippen LogP contribution in [0.5, 0.6) is 0 Å². The fourth-order valence-electron chi connectivity index (χ4n) is 8.96. The molecule has 2 aromatic heterocycles. The van der Waals surface area contributed by atoms with E-state index in [2.05, 4.69) is 228 Å². The molecule has 0 aliphatic carbocycles. The quantitative estimate of drug-likeness (QED) is 0.162. The van der Waals surface area contributed by atoms with Gasteiger partial charge in [-0.25, -0.2) is 0 Å². The van der Waals surface area contributed by atoms with Crippen molar-refractivity contribution in [3.05, 3.63) is 218 Å². The number of rotatable bonds is 6. The highest BCUT2D eigenvalue weighted by molar-refractivity contribution is 6.19. The third kappa shape index (κ3) is 5.04. The summed E-state index contributed by atoms with van der Waals surface area (Å²) in [7, 11) is 0. The average Bonchev–Trinajstić information content (AvgIpc) is 3.80. The minimum absolute atomic E-state index is 1.13. The molecule has 56 heavy (non-hydrogen) atoms. The van der Waals surface area contributed by atoms with Crippen LogP contribution in [0.1, 0.15) is 0 Å². The Hall–Kier alpha value is -7.42. The van der Waals surface area contributed by atoms with Crippen molar-refractivity contribution in [2.24, 2.45) is 0 Å². The number of para-hydroxylation sites is 3. The number of hydrogen-bond acceptors (Lipinski definition) is 0. The molecule has 0 unspecified atom stereocenters. The number of hydrogen-bond donors (Lipinski definition) is 0. The Morgan fingerprint density at radius 1 is 0.268 bits per heavy atom. The van der Waals surface area contributed by atoms with Gasteiger partial charge in [0.05, 0.1) is 27.8 Å². The molecule has 0 aliphatic heterocycles. The first-order chi connectivity index (χ1) is 27.8. The Labute approximate surface area is 325 Å². The summed E-state index contributed by atoms with van der Waals surface area (Å²) in [5, 5.41) is 4.95. The summed E-state index contributed by atoms with van der Waals surface area (Å²) in [6.45, 7) is 0. The fourth-order valence-corrected chi connectivity index (χ4v) is 8.96. The van der Waals surface area contributed by atoms with Crippen molar-refractivity contribution in [1.29, 1.82) is 0 Å². The molecule has 0 saturated carbocycles. The third-order valence-electron chi connectivity index (χ3n) is 11.3. The van der Waals surface area contributed by atoms with Crippen LogP contribution in [0.15, 0.2) is 218 Å². The minimum Gasteiger partial charge on any atom is -0.307 e. The molecule has 0 fully saturated rings. The standard InChI is InChI=1S/C54H36N2/c1-3-18-37(19-4-1)41-24-7-8-26-43(41)39-22-15-23-40(36-39)55-49-32-13-11-28-45(49)47-31-17-35-52(54(47)55)56-50-33-14-12-29-48(50)53-46(30-16-34-51(53)56)44-27-10-9-25-42(44)38-20-5-2-6-21-38/h1-36H. The zero-order valence-corrected chi connectivity index (χ0v) is 30.7. The van der Waals surface area contributed by atoms with Gasteiger partial charge in [0.25, 0.3) is 0 Å². The molecule has 0 N–H and O–H groups in total. The summed E-state index contributed by atoms with van der Waals surface area (Å²) < 4.78 is 4.97. The molecular weight excluding hydrogens is 677 g/mol. The van der Waals surface area contributed by atoms with Gasteiger partial charge in [-0.3, -0.25) is 0 Å². The summed E-state index contributed by atoms with van der Waals surface area (Å²) in [5.74, 6) is 0. The summed E-state index contributed by atoms with van der Waals surface area (Å²) in [6.07, 6.45) is 0. The normalized spacial score (nSPS) is 11.6. The molecule has 0 amide bonds. The van der Waals surface area contributed by atoms with Gasteiger partial charge in [-0.15, -0.1) is 0 Å². The van der Waals surface area contributed by atoms with Gasteiger partial charge in [0.15, 0.2) is 0 Å². The lowest BCUT2D eigenvalue weighted by molar-refractivity contribution is 1.13. The molecule has 2 heteroatoms. The first-order valence-corrected chi connectivity index (χ1v) is 19.3. The second kappa shape index (κ2) is 13.2. The molecule has 0 spiro atoms. The maximum absolute atomic E-state index is 2.49. The zero-order valence-electron chi connectivity index (χ0n) is 30.7. The molecule has 0 atom stereocenters. The van der Waals surface area contributed by atoms with E-state index >= 15 is 0 Å². The molecule has 0 saturated heterocycles. The first-order valence-electron chi connectivity index (χ1n) is 19.3. The summed E-state index contributed by atoms with van der Waals surface area (Å²) >= 11 is 0. The van der Waals surface area contributed by atoms with E-state index in [4.69, 9.17) is 0 Å². The molecule has 0 aliphatic rings. The van der Waals surface area contributed by atoms with E-state index < -0.39 is 0 Å². The van der Waals surface area contributed by atoms with E-state index in [1.165, 1.54) is 88.1 Å². The van der Waals surface area contributed by atoms with Crippen LogP contribution >= 0.6 is 0 Å². The van der Waals surface area contributed by atoms with Crippen molar-refractivity contribution in [3.8, 4) is 55.9 Å². The van der Waals surface area contributed by atoms with Crippen LogP contribution in [0, 0.1) is 0 Å². The predicted octanol–water partition coefficient (Wildman–Crippen LogP) is 14.5. The maximum atomic E-state index is 2.49. The van der Waals surface area contributed by atoms with Gasteiger partial charge in [-0.05, 0) is 80.9 Å². The van der Waals surface area contributed by atoms with Crippen LogP contribution in [0.3, 0.4) is 0 Å². The molecule has 2 heterocycles. The van der Waals surface area contributed by atoms with E-state index in [-0.39, 0.29) is 0 Å². The monoisotopic (exact) mass is 712 g/mol.